The molecule has 0 saturated heterocycles. The zero-order valence-corrected chi connectivity index (χ0v) is 14.0. The molecule has 0 aliphatic heterocycles. The fourth-order valence-electron chi connectivity index (χ4n) is 1.90. The van der Waals surface area contributed by atoms with Crippen LogP contribution in [0.5, 0.6) is 0 Å². The molecule has 20 heavy (non-hydrogen) atoms. The number of anilines is 3. The zero-order valence-electron chi connectivity index (χ0n) is 10.3. The summed E-state index contributed by atoms with van der Waals surface area (Å²) in [6.45, 7) is 0. The number of hydrogen-bond donors (Lipinski definition) is 2. The third kappa shape index (κ3) is 2.57. The van der Waals surface area contributed by atoms with E-state index in [4.69, 9.17) is 5.73 Å². The molecule has 1 heterocycles. The number of hydrogen-bond acceptors (Lipinski definition) is 4. The molecule has 0 radical (unpaired) electrons. The van der Waals surface area contributed by atoms with E-state index in [9.17, 15) is 0 Å². The number of nitrogen functional groups attached to an aromatic ring is 1. The van der Waals surface area contributed by atoms with Crippen LogP contribution in [0.4, 0.5) is 17.2 Å². The fourth-order valence-corrected chi connectivity index (χ4v) is 2.76. The first kappa shape index (κ1) is 13.6. The second kappa shape index (κ2) is 5.53. The van der Waals surface area contributed by atoms with Crippen LogP contribution in [0.1, 0.15) is 0 Å². The molecule has 2 aromatic carbocycles. The van der Waals surface area contributed by atoms with Gasteiger partial charge in [-0.15, -0.1) is 0 Å². The molecule has 3 rings (SSSR count). The zero-order chi connectivity index (χ0) is 14.1. The van der Waals surface area contributed by atoms with Crippen LogP contribution in [-0.2, 0) is 0 Å². The quantitative estimate of drug-likeness (QED) is 0.460. The summed E-state index contributed by atoms with van der Waals surface area (Å²) >= 11 is 5.81. The van der Waals surface area contributed by atoms with E-state index in [1.54, 1.807) is 6.33 Å². The minimum Gasteiger partial charge on any atom is -0.399 e. The molecule has 0 unspecified atom stereocenters. The van der Waals surface area contributed by atoms with Crippen molar-refractivity contribution in [3.63, 3.8) is 0 Å². The van der Waals surface area contributed by atoms with E-state index in [0.717, 1.165) is 30.5 Å². The van der Waals surface area contributed by atoms with Crippen molar-refractivity contribution in [3.05, 3.63) is 50.8 Å². The van der Waals surface area contributed by atoms with Gasteiger partial charge in [0, 0.05) is 15.5 Å². The van der Waals surface area contributed by atoms with Crippen LogP contribution in [0.25, 0.3) is 10.9 Å². The van der Waals surface area contributed by atoms with Gasteiger partial charge < -0.3 is 11.1 Å². The van der Waals surface area contributed by atoms with Gasteiger partial charge >= 0.3 is 0 Å². The highest BCUT2D eigenvalue weighted by Gasteiger charge is 2.08. The van der Waals surface area contributed by atoms with Crippen molar-refractivity contribution in [2.45, 2.75) is 0 Å². The summed E-state index contributed by atoms with van der Waals surface area (Å²) < 4.78 is 2.14. The Kier molecular flexibility index (Phi) is 3.75. The smallest absolute Gasteiger partial charge is 0.141 e. The van der Waals surface area contributed by atoms with Crippen molar-refractivity contribution in [3.8, 4) is 0 Å². The lowest BCUT2D eigenvalue weighted by atomic mass is 10.2. The number of nitrogens with zero attached hydrogens (tertiary/aromatic N) is 2. The van der Waals surface area contributed by atoms with E-state index in [2.05, 4.69) is 53.8 Å². The van der Waals surface area contributed by atoms with Crippen LogP contribution in [0.2, 0.25) is 0 Å². The Bertz CT molecular complexity index is 791. The van der Waals surface area contributed by atoms with Crippen molar-refractivity contribution in [1.82, 2.24) is 9.97 Å². The lowest BCUT2D eigenvalue weighted by Gasteiger charge is -2.11. The van der Waals surface area contributed by atoms with E-state index in [0.29, 0.717) is 5.69 Å². The summed E-state index contributed by atoms with van der Waals surface area (Å²) in [5.74, 6) is 0.748. The standard InChI is InChI=1S/C14H10BrIN4/c15-10-2-1-3-12(13(10)16)20-14-9-6-8(17)4-5-11(9)18-7-19-14/h1-7H,17H2,(H,18,19,20). The van der Waals surface area contributed by atoms with Crippen molar-refractivity contribution < 1.29 is 0 Å². The van der Waals surface area contributed by atoms with E-state index < -0.39 is 0 Å². The summed E-state index contributed by atoms with van der Waals surface area (Å²) in [6, 6.07) is 11.6. The maximum atomic E-state index is 5.85. The summed E-state index contributed by atoms with van der Waals surface area (Å²) in [7, 11) is 0. The second-order valence-electron chi connectivity index (χ2n) is 4.23. The van der Waals surface area contributed by atoms with Crippen molar-refractivity contribution in [2.75, 3.05) is 11.1 Å². The van der Waals surface area contributed by atoms with Gasteiger partial charge in [-0.2, -0.15) is 0 Å². The Hall–Kier alpha value is -1.41. The molecular weight excluding hydrogens is 431 g/mol. The van der Waals surface area contributed by atoms with Gasteiger partial charge in [-0.3, -0.25) is 0 Å². The maximum absolute atomic E-state index is 5.85. The van der Waals surface area contributed by atoms with Crippen LogP contribution < -0.4 is 11.1 Å². The Morgan fingerprint density at radius 2 is 2.00 bits per heavy atom. The predicted molar refractivity (Wildman–Crippen MR) is 94.1 cm³/mol. The first-order valence-electron chi connectivity index (χ1n) is 5.86. The average Bonchev–Trinajstić information content (AvgIpc) is 2.44. The molecule has 0 bridgehead atoms. The minimum atomic E-state index is 0.694. The lowest BCUT2D eigenvalue weighted by Crippen LogP contribution is -1.98. The Balaban J connectivity index is 2.11. The molecule has 6 heteroatoms. The molecule has 3 aromatic rings. The van der Waals surface area contributed by atoms with Gasteiger partial charge in [0.15, 0.2) is 0 Å². The van der Waals surface area contributed by atoms with Gasteiger partial charge in [0.05, 0.1) is 14.8 Å². The summed E-state index contributed by atoms with van der Waals surface area (Å²) in [5.41, 5.74) is 8.39. The third-order valence-electron chi connectivity index (χ3n) is 2.86. The Labute approximate surface area is 138 Å². The van der Waals surface area contributed by atoms with Crippen LogP contribution in [0.15, 0.2) is 47.2 Å². The van der Waals surface area contributed by atoms with Gasteiger partial charge in [-0.25, -0.2) is 9.97 Å². The van der Waals surface area contributed by atoms with Crippen LogP contribution in [0, 0.1) is 3.57 Å². The van der Waals surface area contributed by atoms with Crippen molar-refractivity contribution in [2.24, 2.45) is 0 Å². The predicted octanol–water partition coefficient (Wildman–Crippen LogP) is 4.32. The highest BCUT2D eigenvalue weighted by Crippen LogP contribution is 2.30. The van der Waals surface area contributed by atoms with E-state index in [1.807, 2.05) is 36.4 Å². The number of nitrogens with two attached hydrogens (primary N) is 1. The number of benzene rings is 2. The van der Waals surface area contributed by atoms with E-state index in [-0.39, 0.29) is 0 Å². The molecule has 0 saturated carbocycles. The van der Waals surface area contributed by atoms with Gasteiger partial charge in [0.2, 0.25) is 0 Å². The van der Waals surface area contributed by atoms with Gasteiger partial charge in [0.1, 0.15) is 12.1 Å². The number of nitrogens with one attached hydrogen (secondary N) is 1. The number of fused-ring (bicyclic) bond motifs is 1. The molecule has 1 aromatic heterocycles. The second-order valence-corrected chi connectivity index (χ2v) is 6.16. The van der Waals surface area contributed by atoms with E-state index >= 15 is 0 Å². The summed E-state index contributed by atoms with van der Waals surface area (Å²) in [5, 5.41) is 4.24. The first-order chi connectivity index (χ1) is 9.65. The molecule has 3 N–H and O–H groups in total. The number of aromatic nitrogens is 2. The normalized spacial score (nSPS) is 10.7. The largest absolute Gasteiger partial charge is 0.399 e. The SMILES string of the molecule is Nc1ccc2ncnc(Nc3cccc(Br)c3I)c2c1. The Morgan fingerprint density at radius 3 is 2.85 bits per heavy atom. The number of halogens is 2. The van der Waals surface area contributed by atoms with E-state index in [1.165, 1.54) is 0 Å². The van der Waals surface area contributed by atoms with Crippen molar-refractivity contribution in [1.29, 1.82) is 0 Å². The Morgan fingerprint density at radius 1 is 1.15 bits per heavy atom. The molecule has 0 aliphatic rings. The molecule has 0 spiro atoms. The third-order valence-corrected chi connectivity index (χ3v) is 5.43. The fraction of sp³-hybridized carbons (Fsp3) is 0. The number of rotatable bonds is 2. The van der Waals surface area contributed by atoms with Crippen molar-refractivity contribution >= 4 is 66.6 Å². The molecule has 0 atom stereocenters. The highest BCUT2D eigenvalue weighted by molar-refractivity contribution is 14.1. The van der Waals surface area contributed by atoms with Crippen LogP contribution >= 0.6 is 38.5 Å². The molecule has 100 valence electrons. The first-order valence-corrected chi connectivity index (χ1v) is 7.73. The molecule has 0 fully saturated rings. The molecular formula is C14H10BrIN4. The molecule has 0 amide bonds. The van der Waals surface area contributed by atoms with Gasteiger partial charge in [0.25, 0.3) is 0 Å². The molecule has 0 aliphatic carbocycles. The maximum Gasteiger partial charge on any atom is 0.141 e. The van der Waals surface area contributed by atoms with Gasteiger partial charge in [-0.1, -0.05) is 6.07 Å². The monoisotopic (exact) mass is 440 g/mol. The minimum absolute atomic E-state index is 0.694. The highest BCUT2D eigenvalue weighted by atomic mass is 127. The average molecular weight is 441 g/mol. The lowest BCUT2D eigenvalue weighted by molar-refractivity contribution is 1.22. The summed E-state index contributed by atoms with van der Waals surface area (Å²) in [4.78, 5) is 8.56. The molecule has 4 nitrogen and oxygen atoms in total. The summed E-state index contributed by atoms with van der Waals surface area (Å²) in [6.07, 6.45) is 1.55. The van der Waals surface area contributed by atoms with Crippen LogP contribution in [-0.4, -0.2) is 9.97 Å². The van der Waals surface area contributed by atoms with Gasteiger partial charge in [-0.05, 0) is 68.9 Å². The topological polar surface area (TPSA) is 63.8 Å². The van der Waals surface area contributed by atoms with Crippen LogP contribution in [0.3, 0.4) is 0 Å².